The minimum Gasteiger partial charge on any atom is -0.546 e. The van der Waals surface area contributed by atoms with E-state index in [4.69, 9.17) is 4.43 Å². The molecule has 1 unspecified atom stereocenters. The average molecular weight is 339 g/mol. The van der Waals surface area contributed by atoms with E-state index in [2.05, 4.69) is 75.0 Å². The minimum atomic E-state index is -1.86. The number of rotatable bonds is 11. The van der Waals surface area contributed by atoms with Crippen molar-refractivity contribution in [2.75, 3.05) is 0 Å². The van der Waals surface area contributed by atoms with E-state index in [-0.39, 0.29) is 0 Å². The predicted octanol–water partition coefficient (Wildman–Crippen LogP) is 7.85. The summed E-state index contributed by atoms with van der Waals surface area (Å²) in [5, 5.41) is 0. The lowest BCUT2D eigenvalue weighted by atomic mass is 10.0. The zero-order valence-electron chi connectivity index (χ0n) is 17.3. The molecule has 0 aromatic rings. The van der Waals surface area contributed by atoms with Crippen molar-refractivity contribution in [3.8, 4) is 0 Å². The highest BCUT2D eigenvalue weighted by Gasteiger charge is 2.47. The van der Waals surface area contributed by atoms with Gasteiger partial charge in [0.05, 0.1) is 5.76 Å². The second-order valence-corrected chi connectivity index (χ2v) is 13.7. The zero-order chi connectivity index (χ0) is 18.2. The van der Waals surface area contributed by atoms with Crippen LogP contribution in [0.5, 0.6) is 0 Å². The van der Waals surface area contributed by atoms with Crippen LogP contribution in [0.3, 0.4) is 0 Å². The smallest absolute Gasteiger partial charge is 0.258 e. The van der Waals surface area contributed by atoms with Crippen LogP contribution in [-0.4, -0.2) is 8.32 Å². The summed E-state index contributed by atoms with van der Waals surface area (Å²) in [5.41, 5.74) is 3.03. The van der Waals surface area contributed by atoms with Crippen molar-refractivity contribution in [1.82, 2.24) is 0 Å². The lowest BCUT2D eigenvalue weighted by molar-refractivity contribution is 0.355. The van der Waals surface area contributed by atoms with E-state index in [0.717, 1.165) is 6.42 Å². The van der Waals surface area contributed by atoms with Crippen molar-refractivity contribution in [3.05, 3.63) is 24.0 Å². The lowest BCUT2D eigenvalue weighted by Gasteiger charge is -2.43. The first kappa shape index (κ1) is 22.5. The van der Waals surface area contributed by atoms with Crippen LogP contribution >= 0.6 is 0 Å². The summed E-state index contributed by atoms with van der Waals surface area (Å²) >= 11 is 0. The van der Waals surface area contributed by atoms with Crippen LogP contribution in [0.4, 0.5) is 0 Å². The number of unbranched alkanes of at least 4 members (excludes halogenated alkanes) is 1. The third-order valence-corrected chi connectivity index (χ3v) is 11.0. The molecule has 0 aliphatic rings. The molecule has 0 aromatic carbocycles. The summed E-state index contributed by atoms with van der Waals surface area (Å²) in [5.74, 6) is 1.77. The lowest BCUT2D eigenvalue weighted by Crippen LogP contribution is -2.47. The molecule has 0 spiro atoms. The molecule has 0 aliphatic heterocycles. The van der Waals surface area contributed by atoms with Gasteiger partial charge >= 0.3 is 0 Å². The summed E-state index contributed by atoms with van der Waals surface area (Å²) in [4.78, 5) is 0. The Labute approximate surface area is 147 Å². The van der Waals surface area contributed by atoms with Gasteiger partial charge in [0.15, 0.2) is 0 Å². The van der Waals surface area contributed by atoms with Gasteiger partial charge in [-0.15, -0.1) is 0 Å². The molecule has 0 N–H and O–H groups in total. The van der Waals surface area contributed by atoms with E-state index in [9.17, 15) is 0 Å². The summed E-state index contributed by atoms with van der Waals surface area (Å²) in [6.45, 7) is 24.9. The maximum absolute atomic E-state index is 6.92. The van der Waals surface area contributed by atoms with Crippen LogP contribution in [0.25, 0.3) is 0 Å². The second kappa shape index (κ2) is 10.4. The van der Waals surface area contributed by atoms with Crippen LogP contribution in [0, 0.1) is 5.92 Å². The van der Waals surface area contributed by atoms with Gasteiger partial charge in [-0.2, -0.15) is 0 Å². The molecule has 136 valence electrons. The van der Waals surface area contributed by atoms with Gasteiger partial charge in [0.25, 0.3) is 8.32 Å². The fourth-order valence-corrected chi connectivity index (χ4v) is 9.24. The van der Waals surface area contributed by atoms with Gasteiger partial charge in [0.2, 0.25) is 0 Å². The largest absolute Gasteiger partial charge is 0.546 e. The predicted molar refractivity (Wildman–Crippen MR) is 108 cm³/mol. The molecule has 0 saturated carbocycles. The van der Waals surface area contributed by atoms with Crippen LogP contribution < -0.4 is 0 Å². The number of hydrogen-bond donors (Lipinski definition) is 0. The maximum Gasteiger partial charge on any atom is 0.258 e. The van der Waals surface area contributed by atoms with Gasteiger partial charge < -0.3 is 4.43 Å². The standard InChI is InChI=1S/C21H42OSi/c1-11-12-13-20(10)15-21(14-16(2)3)22-23(17(4)5,18(6)7)19(8)9/h15,17-20H,2,11-14H2,1,3-10H3/b21-15+. The molecule has 1 nitrogen and oxygen atoms in total. The van der Waals surface area contributed by atoms with Crippen LogP contribution in [-0.2, 0) is 4.43 Å². The highest BCUT2D eigenvalue weighted by molar-refractivity contribution is 6.77. The summed E-state index contributed by atoms with van der Waals surface area (Å²) in [6, 6.07) is 0. The molecular formula is C21H42OSi. The van der Waals surface area contributed by atoms with Gasteiger partial charge in [-0.3, -0.25) is 0 Å². The Morgan fingerprint density at radius 1 is 1.00 bits per heavy atom. The first-order valence-corrected chi connectivity index (χ1v) is 11.8. The Balaban J connectivity index is 5.53. The molecule has 0 saturated heterocycles. The third kappa shape index (κ3) is 6.87. The van der Waals surface area contributed by atoms with E-state index in [0.29, 0.717) is 22.5 Å². The van der Waals surface area contributed by atoms with E-state index in [1.54, 1.807) is 0 Å². The number of allylic oxidation sites excluding steroid dienone is 2. The summed E-state index contributed by atoms with van der Waals surface area (Å²) in [6.07, 6.45) is 7.08. The van der Waals surface area contributed by atoms with Gasteiger partial charge in [-0.25, -0.2) is 0 Å². The normalized spacial score (nSPS) is 14.7. The van der Waals surface area contributed by atoms with Crippen molar-refractivity contribution in [1.29, 1.82) is 0 Å². The third-order valence-electron chi connectivity index (χ3n) is 4.97. The van der Waals surface area contributed by atoms with Crippen molar-refractivity contribution in [2.24, 2.45) is 5.92 Å². The van der Waals surface area contributed by atoms with Gasteiger partial charge in [0, 0.05) is 6.42 Å². The monoisotopic (exact) mass is 338 g/mol. The van der Waals surface area contributed by atoms with Gasteiger partial charge in [-0.05, 0) is 42.0 Å². The Bertz CT molecular complexity index is 358. The maximum atomic E-state index is 6.92. The Hall–Kier alpha value is -0.503. The Morgan fingerprint density at radius 3 is 1.83 bits per heavy atom. The highest BCUT2D eigenvalue weighted by Crippen LogP contribution is 2.44. The molecule has 0 aromatic heterocycles. The average Bonchev–Trinajstić information content (AvgIpc) is 2.40. The summed E-state index contributed by atoms with van der Waals surface area (Å²) < 4.78 is 6.92. The van der Waals surface area contributed by atoms with E-state index < -0.39 is 8.32 Å². The molecule has 0 heterocycles. The van der Waals surface area contributed by atoms with E-state index >= 15 is 0 Å². The van der Waals surface area contributed by atoms with Crippen molar-refractivity contribution in [3.63, 3.8) is 0 Å². The van der Waals surface area contributed by atoms with Crippen LogP contribution in [0.2, 0.25) is 16.6 Å². The SMILES string of the molecule is C=C(C)C/C(=C\C(C)CCCC)O[Si](C(C)C)(C(C)C)C(C)C. The quantitative estimate of drug-likeness (QED) is 0.212. The Kier molecular flexibility index (Phi) is 10.2. The molecule has 0 radical (unpaired) electrons. The zero-order valence-corrected chi connectivity index (χ0v) is 18.3. The minimum absolute atomic E-state index is 0.586. The fraction of sp³-hybridized carbons (Fsp3) is 0.810. The molecule has 1 atom stereocenters. The molecule has 0 amide bonds. The van der Waals surface area contributed by atoms with E-state index in [1.807, 2.05) is 0 Å². The van der Waals surface area contributed by atoms with Crippen LogP contribution in [0.1, 0.15) is 88.0 Å². The van der Waals surface area contributed by atoms with Crippen LogP contribution in [0.15, 0.2) is 24.0 Å². The number of hydrogen-bond acceptors (Lipinski definition) is 1. The van der Waals surface area contributed by atoms with Gasteiger partial charge in [0.1, 0.15) is 0 Å². The van der Waals surface area contributed by atoms with Gasteiger partial charge in [-0.1, -0.05) is 80.4 Å². The molecule has 2 heteroatoms. The topological polar surface area (TPSA) is 9.23 Å². The van der Waals surface area contributed by atoms with Crippen molar-refractivity contribution < 1.29 is 4.43 Å². The second-order valence-electron chi connectivity index (χ2n) is 8.31. The first-order chi connectivity index (χ1) is 10.6. The highest BCUT2D eigenvalue weighted by atomic mass is 28.4. The van der Waals surface area contributed by atoms with E-state index in [1.165, 1.54) is 30.6 Å². The van der Waals surface area contributed by atoms with Crippen molar-refractivity contribution >= 4 is 8.32 Å². The first-order valence-electron chi connectivity index (χ1n) is 9.61. The van der Waals surface area contributed by atoms with Crippen molar-refractivity contribution in [2.45, 2.75) is 105 Å². The molecule has 23 heavy (non-hydrogen) atoms. The molecule has 0 rings (SSSR count). The molecule has 0 bridgehead atoms. The Morgan fingerprint density at radius 2 is 1.48 bits per heavy atom. The molecule has 0 fully saturated rings. The molecular weight excluding hydrogens is 296 g/mol. The summed E-state index contributed by atoms with van der Waals surface area (Å²) in [7, 11) is -1.86. The molecule has 0 aliphatic carbocycles. The fourth-order valence-electron chi connectivity index (χ4n) is 3.93.